The molecule has 1 saturated heterocycles. The van der Waals surface area contributed by atoms with Gasteiger partial charge in [-0.05, 0) is 56.0 Å². The van der Waals surface area contributed by atoms with Crippen molar-refractivity contribution in [2.75, 3.05) is 12.3 Å². The van der Waals surface area contributed by atoms with E-state index in [-0.39, 0.29) is 0 Å². The summed E-state index contributed by atoms with van der Waals surface area (Å²) in [4.78, 5) is 2.51. The van der Waals surface area contributed by atoms with E-state index in [1.165, 1.54) is 12.8 Å². The van der Waals surface area contributed by atoms with Crippen LogP contribution in [0.15, 0.2) is 18.2 Å². The van der Waals surface area contributed by atoms with Crippen LogP contribution in [0.25, 0.3) is 0 Å². The van der Waals surface area contributed by atoms with Crippen molar-refractivity contribution in [1.82, 2.24) is 4.90 Å². The Kier molecular flexibility index (Phi) is 3.95. The first-order valence-electron chi connectivity index (χ1n) is 6.36. The second-order valence-electron chi connectivity index (χ2n) is 5.18. The van der Waals surface area contributed by atoms with E-state index in [0.29, 0.717) is 6.04 Å². The van der Waals surface area contributed by atoms with Crippen molar-refractivity contribution in [3.63, 3.8) is 0 Å². The SMILES string of the molecule is CC1CCCN(Cc2cc(N)ccc2Cl)C1C. The zero-order chi connectivity index (χ0) is 12.4. The highest BCUT2D eigenvalue weighted by atomic mass is 35.5. The third kappa shape index (κ3) is 2.93. The second kappa shape index (κ2) is 5.28. The molecule has 2 rings (SSSR count). The zero-order valence-corrected chi connectivity index (χ0v) is 11.4. The molecule has 0 aromatic heterocycles. The number of benzene rings is 1. The van der Waals surface area contributed by atoms with Crippen LogP contribution in [-0.2, 0) is 6.54 Å². The number of anilines is 1. The molecule has 1 heterocycles. The predicted octanol–water partition coefficient (Wildman–Crippen LogP) is 3.54. The quantitative estimate of drug-likeness (QED) is 0.816. The molecule has 1 fully saturated rings. The molecule has 2 atom stereocenters. The first kappa shape index (κ1) is 12.7. The average molecular weight is 253 g/mol. The number of hydrogen-bond acceptors (Lipinski definition) is 2. The van der Waals surface area contributed by atoms with Gasteiger partial charge in [0.1, 0.15) is 0 Å². The summed E-state index contributed by atoms with van der Waals surface area (Å²) < 4.78 is 0. The van der Waals surface area contributed by atoms with Gasteiger partial charge in [-0.2, -0.15) is 0 Å². The molecule has 0 amide bonds. The van der Waals surface area contributed by atoms with Crippen LogP contribution >= 0.6 is 11.6 Å². The molecule has 2 nitrogen and oxygen atoms in total. The molecular formula is C14H21ClN2. The molecule has 0 spiro atoms. The van der Waals surface area contributed by atoms with Gasteiger partial charge in [-0.25, -0.2) is 0 Å². The summed E-state index contributed by atoms with van der Waals surface area (Å²) in [6.45, 7) is 6.72. The zero-order valence-electron chi connectivity index (χ0n) is 10.6. The van der Waals surface area contributed by atoms with Crippen molar-refractivity contribution in [3.05, 3.63) is 28.8 Å². The van der Waals surface area contributed by atoms with E-state index in [0.717, 1.165) is 35.3 Å². The maximum Gasteiger partial charge on any atom is 0.0452 e. The highest BCUT2D eigenvalue weighted by molar-refractivity contribution is 6.31. The lowest BCUT2D eigenvalue weighted by Gasteiger charge is -2.38. The fraction of sp³-hybridized carbons (Fsp3) is 0.571. The number of rotatable bonds is 2. The largest absolute Gasteiger partial charge is 0.399 e. The Morgan fingerprint density at radius 2 is 2.18 bits per heavy atom. The van der Waals surface area contributed by atoms with E-state index in [1.807, 2.05) is 18.2 Å². The van der Waals surface area contributed by atoms with Crippen molar-refractivity contribution in [3.8, 4) is 0 Å². The maximum atomic E-state index is 6.22. The van der Waals surface area contributed by atoms with Gasteiger partial charge in [-0.1, -0.05) is 18.5 Å². The van der Waals surface area contributed by atoms with Crippen molar-refractivity contribution in [1.29, 1.82) is 0 Å². The molecule has 1 aliphatic rings. The average Bonchev–Trinajstić information content (AvgIpc) is 2.30. The van der Waals surface area contributed by atoms with E-state index >= 15 is 0 Å². The fourth-order valence-electron chi connectivity index (χ4n) is 2.58. The summed E-state index contributed by atoms with van der Waals surface area (Å²) in [5.74, 6) is 0.767. The molecule has 1 aromatic rings. The van der Waals surface area contributed by atoms with Gasteiger partial charge in [0.25, 0.3) is 0 Å². The summed E-state index contributed by atoms with van der Waals surface area (Å²) in [5, 5.41) is 0.824. The van der Waals surface area contributed by atoms with E-state index in [1.54, 1.807) is 0 Å². The van der Waals surface area contributed by atoms with Crippen LogP contribution in [0.4, 0.5) is 5.69 Å². The summed E-state index contributed by atoms with van der Waals surface area (Å²) in [6.07, 6.45) is 2.62. The van der Waals surface area contributed by atoms with Crippen LogP contribution in [0.5, 0.6) is 0 Å². The number of halogens is 1. The van der Waals surface area contributed by atoms with Gasteiger partial charge in [0.05, 0.1) is 0 Å². The van der Waals surface area contributed by atoms with Crippen LogP contribution in [0, 0.1) is 5.92 Å². The van der Waals surface area contributed by atoms with Gasteiger partial charge in [0.15, 0.2) is 0 Å². The number of likely N-dealkylation sites (tertiary alicyclic amines) is 1. The third-order valence-electron chi connectivity index (χ3n) is 3.95. The Hall–Kier alpha value is -0.730. The first-order valence-corrected chi connectivity index (χ1v) is 6.73. The van der Waals surface area contributed by atoms with E-state index in [9.17, 15) is 0 Å². The lowest BCUT2D eigenvalue weighted by molar-refractivity contribution is 0.106. The Bertz CT molecular complexity index is 392. The molecule has 0 aliphatic carbocycles. The minimum atomic E-state index is 0.626. The summed E-state index contributed by atoms with van der Waals surface area (Å²) in [5.41, 5.74) is 7.76. The monoisotopic (exact) mass is 252 g/mol. The van der Waals surface area contributed by atoms with Crippen molar-refractivity contribution < 1.29 is 0 Å². The topological polar surface area (TPSA) is 29.3 Å². The van der Waals surface area contributed by atoms with E-state index < -0.39 is 0 Å². The normalized spacial score (nSPS) is 26.1. The molecule has 2 unspecified atom stereocenters. The maximum absolute atomic E-state index is 6.22. The predicted molar refractivity (Wildman–Crippen MR) is 74.1 cm³/mol. The van der Waals surface area contributed by atoms with Gasteiger partial charge >= 0.3 is 0 Å². The van der Waals surface area contributed by atoms with Gasteiger partial charge in [0.2, 0.25) is 0 Å². The lowest BCUT2D eigenvalue weighted by Crippen LogP contribution is -2.41. The standard InChI is InChI=1S/C14H21ClN2/c1-10-4-3-7-17(11(10)2)9-12-8-13(16)5-6-14(12)15/h5-6,8,10-11H,3-4,7,9,16H2,1-2H3. The smallest absolute Gasteiger partial charge is 0.0452 e. The summed E-state index contributed by atoms with van der Waals surface area (Å²) in [7, 11) is 0. The Morgan fingerprint density at radius 1 is 1.41 bits per heavy atom. The number of hydrogen-bond donors (Lipinski definition) is 1. The molecule has 1 aromatic carbocycles. The highest BCUT2D eigenvalue weighted by Crippen LogP contribution is 2.27. The fourth-order valence-corrected chi connectivity index (χ4v) is 2.76. The summed E-state index contributed by atoms with van der Waals surface area (Å²) >= 11 is 6.22. The molecule has 0 radical (unpaired) electrons. The lowest BCUT2D eigenvalue weighted by atomic mass is 9.91. The van der Waals surface area contributed by atoms with Crippen molar-refractivity contribution in [2.45, 2.75) is 39.3 Å². The number of nitrogen functional groups attached to an aromatic ring is 1. The minimum absolute atomic E-state index is 0.626. The minimum Gasteiger partial charge on any atom is -0.399 e. The van der Waals surface area contributed by atoms with Crippen molar-refractivity contribution in [2.24, 2.45) is 5.92 Å². The molecule has 1 aliphatic heterocycles. The van der Waals surface area contributed by atoms with Gasteiger partial charge in [0, 0.05) is 23.3 Å². The molecule has 2 N–H and O–H groups in total. The van der Waals surface area contributed by atoms with Crippen LogP contribution in [0.3, 0.4) is 0 Å². The molecular weight excluding hydrogens is 232 g/mol. The summed E-state index contributed by atoms with van der Waals surface area (Å²) in [6, 6.07) is 6.37. The second-order valence-corrected chi connectivity index (χ2v) is 5.59. The number of nitrogens with two attached hydrogens (primary N) is 1. The van der Waals surface area contributed by atoms with Crippen molar-refractivity contribution >= 4 is 17.3 Å². The Morgan fingerprint density at radius 3 is 2.94 bits per heavy atom. The highest BCUT2D eigenvalue weighted by Gasteiger charge is 2.24. The molecule has 0 bridgehead atoms. The molecule has 3 heteroatoms. The Labute approximate surface area is 109 Å². The first-order chi connectivity index (χ1) is 8.08. The molecule has 94 valence electrons. The Balaban J connectivity index is 2.11. The van der Waals surface area contributed by atoms with Gasteiger partial charge in [-0.3, -0.25) is 4.90 Å². The van der Waals surface area contributed by atoms with Crippen LogP contribution in [0.2, 0.25) is 5.02 Å². The van der Waals surface area contributed by atoms with E-state index in [2.05, 4.69) is 18.7 Å². The van der Waals surface area contributed by atoms with Gasteiger partial charge < -0.3 is 5.73 Å². The van der Waals surface area contributed by atoms with Crippen LogP contribution in [-0.4, -0.2) is 17.5 Å². The number of piperidine rings is 1. The molecule has 17 heavy (non-hydrogen) atoms. The number of nitrogens with zero attached hydrogens (tertiary/aromatic N) is 1. The molecule has 0 saturated carbocycles. The third-order valence-corrected chi connectivity index (χ3v) is 4.32. The van der Waals surface area contributed by atoms with Gasteiger partial charge in [-0.15, -0.1) is 0 Å². The van der Waals surface area contributed by atoms with Crippen LogP contribution < -0.4 is 5.73 Å². The van der Waals surface area contributed by atoms with E-state index in [4.69, 9.17) is 17.3 Å². The van der Waals surface area contributed by atoms with Crippen LogP contribution in [0.1, 0.15) is 32.3 Å².